The van der Waals surface area contributed by atoms with Crippen LogP contribution in [0.4, 0.5) is 5.82 Å². The molecule has 0 spiro atoms. The quantitative estimate of drug-likeness (QED) is 0.568. The van der Waals surface area contributed by atoms with Gasteiger partial charge in [0.1, 0.15) is 0 Å². The van der Waals surface area contributed by atoms with Crippen LogP contribution in [0.1, 0.15) is 11.3 Å². The van der Waals surface area contributed by atoms with E-state index in [1.165, 1.54) is 5.56 Å². The highest BCUT2D eigenvalue weighted by Crippen LogP contribution is 2.25. The molecule has 0 saturated carbocycles. The molecule has 3 rings (SSSR count). The van der Waals surface area contributed by atoms with Crippen molar-refractivity contribution >= 4 is 5.82 Å². The highest BCUT2D eigenvalue weighted by atomic mass is 15.3. The third kappa shape index (κ3) is 3.07. The summed E-state index contributed by atoms with van der Waals surface area (Å²) in [6.45, 7) is 0. The second-order valence-corrected chi connectivity index (χ2v) is 4.76. The van der Waals surface area contributed by atoms with Crippen LogP contribution in [0, 0.1) is 0 Å². The third-order valence-electron chi connectivity index (χ3n) is 3.32. The van der Waals surface area contributed by atoms with Gasteiger partial charge in [-0.05, 0) is 17.2 Å². The SMILES string of the molecule is NNc1cc(-c2ccccc2)c(Cc2ccccc2)nn1. The standard InChI is InChI=1S/C17H16N4/c18-19-17-12-15(14-9-5-2-6-10-14)16(20-21-17)11-13-7-3-1-4-8-13/h1-10,12H,11,18H2,(H,19,21). The highest BCUT2D eigenvalue weighted by Gasteiger charge is 2.09. The van der Waals surface area contributed by atoms with Gasteiger partial charge in [0.05, 0.1) is 5.69 Å². The van der Waals surface area contributed by atoms with Crippen molar-refractivity contribution in [2.24, 2.45) is 5.84 Å². The molecule has 1 aromatic heterocycles. The Hall–Kier alpha value is -2.72. The maximum absolute atomic E-state index is 5.45. The summed E-state index contributed by atoms with van der Waals surface area (Å²) in [7, 11) is 0. The number of hydrogen-bond donors (Lipinski definition) is 2. The van der Waals surface area contributed by atoms with Gasteiger partial charge in [0.25, 0.3) is 0 Å². The molecular weight excluding hydrogens is 260 g/mol. The Morgan fingerprint density at radius 1 is 0.857 bits per heavy atom. The number of anilines is 1. The number of hydrogen-bond acceptors (Lipinski definition) is 4. The van der Waals surface area contributed by atoms with Gasteiger partial charge in [-0.25, -0.2) is 5.84 Å². The number of rotatable bonds is 4. The zero-order valence-corrected chi connectivity index (χ0v) is 11.5. The van der Waals surface area contributed by atoms with Gasteiger partial charge in [0.2, 0.25) is 0 Å². The molecule has 0 unspecified atom stereocenters. The first-order valence-corrected chi connectivity index (χ1v) is 6.79. The largest absolute Gasteiger partial charge is 0.307 e. The summed E-state index contributed by atoms with van der Waals surface area (Å²) in [5, 5.41) is 8.42. The average Bonchev–Trinajstić information content (AvgIpc) is 2.57. The molecule has 2 aromatic carbocycles. The zero-order chi connectivity index (χ0) is 14.5. The van der Waals surface area contributed by atoms with Gasteiger partial charge in [-0.15, -0.1) is 5.10 Å². The smallest absolute Gasteiger partial charge is 0.163 e. The van der Waals surface area contributed by atoms with Crippen molar-refractivity contribution in [1.82, 2.24) is 10.2 Å². The topological polar surface area (TPSA) is 63.8 Å². The summed E-state index contributed by atoms with van der Waals surface area (Å²) in [5.41, 5.74) is 6.85. The number of nitrogens with zero attached hydrogens (tertiary/aromatic N) is 2. The number of nitrogens with two attached hydrogens (primary N) is 1. The molecule has 4 nitrogen and oxygen atoms in total. The maximum atomic E-state index is 5.45. The monoisotopic (exact) mass is 276 g/mol. The van der Waals surface area contributed by atoms with Crippen LogP contribution in [0.3, 0.4) is 0 Å². The molecule has 0 radical (unpaired) electrons. The van der Waals surface area contributed by atoms with E-state index >= 15 is 0 Å². The molecule has 3 aromatic rings. The number of nitrogen functional groups attached to an aromatic ring is 1. The fourth-order valence-corrected chi connectivity index (χ4v) is 2.27. The van der Waals surface area contributed by atoms with Crippen molar-refractivity contribution in [2.45, 2.75) is 6.42 Å². The highest BCUT2D eigenvalue weighted by molar-refractivity contribution is 5.68. The van der Waals surface area contributed by atoms with Crippen LogP contribution >= 0.6 is 0 Å². The number of hydrazine groups is 1. The van der Waals surface area contributed by atoms with Gasteiger partial charge in [0, 0.05) is 12.0 Å². The van der Waals surface area contributed by atoms with Crippen molar-refractivity contribution < 1.29 is 0 Å². The summed E-state index contributed by atoms with van der Waals surface area (Å²) >= 11 is 0. The normalized spacial score (nSPS) is 10.3. The van der Waals surface area contributed by atoms with E-state index in [-0.39, 0.29) is 0 Å². The molecular formula is C17H16N4. The fourth-order valence-electron chi connectivity index (χ4n) is 2.27. The predicted octanol–water partition coefficient (Wildman–Crippen LogP) is 3.02. The summed E-state index contributed by atoms with van der Waals surface area (Å²) in [6, 6.07) is 22.3. The first kappa shape index (κ1) is 13.3. The average molecular weight is 276 g/mol. The molecule has 3 N–H and O–H groups in total. The van der Waals surface area contributed by atoms with Crippen LogP contribution in [0.5, 0.6) is 0 Å². The minimum atomic E-state index is 0.561. The molecule has 0 saturated heterocycles. The molecule has 0 bridgehead atoms. The lowest BCUT2D eigenvalue weighted by Crippen LogP contribution is -2.10. The van der Waals surface area contributed by atoms with Crippen LogP contribution in [0.15, 0.2) is 66.7 Å². The molecule has 0 atom stereocenters. The van der Waals surface area contributed by atoms with Crippen LogP contribution in [-0.4, -0.2) is 10.2 Å². The minimum Gasteiger partial charge on any atom is -0.307 e. The fraction of sp³-hybridized carbons (Fsp3) is 0.0588. The Morgan fingerprint density at radius 2 is 1.52 bits per heavy atom. The Labute approximate surface area is 123 Å². The number of aromatic nitrogens is 2. The lowest BCUT2D eigenvalue weighted by Gasteiger charge is -2.10. The third-order valence-corrected chi connectivity index (χ3v) is 3.32. The Bertz CT molecular complexity index is 711. The van der Waals surface area contributed by atoms with E-state index in [9.17, 15) is 0 Å². The van der Waals surface area contributed by atoms with Crippen molar-refractivity contribution in [3.8, 4) is 11.1 Å². The van der Waals surface area contributed by atoms with Crippen molar-refractivity contribution in [1.29, 1.82) is 0 Å². The van der Waals surface area contributed by atoms with Gasteiger partial charge in [-0.1, -0.05) is 60.7 Å². The van der Waals surface area contributed by atoms with Gasteiger partial charge in [-0.2, -0.15) is 5.10 Å². The predicted molar refractivity (Wildman–Crippen MR) is 84.5 cm³/mol. The van der Waals surface area contributed by atoms with Gasteiger partial charge >= 0.3 is 0 Å². The van der Waals surface area contributed by atoms with Gasteiger partial charge in [0.15, 0.2) is 5.82 Å². The molecule has 0 aliphatic heterocycles. The Kier molecular flexibility index (Phi) is 3.89. The van der Waals surface area contributed by atoms with Gasteiger partial charge < -0.3 is 5.43 Å². The zero-order valence-electron chi connectivity index (χ0n) is 11.5. The maximum Gasteiger partial charge on any atom is 0.163 e. The molecule has 0 fully saturated rings. The lowest BCUT2D eigenvalue weighted by molar-refractivity contribution is 0.938. The van der Waals surface area contributed by atoms with E-state index in [4.69, 9.17) is 5.84 Å². The first-order valence-electron chi connectivity index (χ1n) is 6.79. The molecule has 4 heteroatoms. The number of benzene rings is 2. The Morgan fingerprint density at radius 3 is 2.19 bits per heavy atom. The minimum absolute atomic E-state index is 0.561. The van der Waals surface area contributed by atoms with Crippen LogP contribution in [0.2, 0.25) is 0 Å². The lowest BCUT2D eigenvalue weighted by atomic mass is 10.00. The second-order valence-electron chi connectivity index (χ2n) is 4.76. The molecule has 1 heterocycles. The van der Waals surface area contributed by atoms with Crippen molar-refractivity contribution in [3.63, 3.8) is 0 Å². The molecule has 0 aliphatic carbocycles. The van der Waals surface area contributed by atoms with E-state index in [0.29, 0.717) is 5.82 Å². The second kappa shape index (κ2) is 6.15. The summed E-state index contributed by atoms with van der Waals surface area (Å²) in [4.78, 5) is 0. The van der Waals surface area contributed by atoms with E-state index in [0.717, 1.165) is 23.2 Å². The molecule has 104 valence electrons. The molecule has 0 amide bonds. The van der Waals surface area contributed by atoms with Crippen LogP contribution < -0.4 is 11.3 Å². The first-order chi connectivity index (χ1) is 10.4. The van der Waals surface area contributed by atoms with Crippen LogP contribution in [-0.2, 0) is 6.42 Å². The van der Waals surface area contributed by atoms with E-state index in [1.54, 1.807) is 0 Å². The number of nitrogens with one attached hydrogen (secondary N) is 1. The summed E-state index contributed by atoms with van der Waals surface area (Å²) < 4.78 is 0. The molecule has 21 heavy (non-hydrogen) atoms. The van der Waals surface area contributed by atoms with E-state index in [1.807, 2.05) is 42.5 Å². The van der Waals surface area contributed by atoms with Crippen LogP contribution in [0.25, 0.3) is 11.1 Å². The summed E-state index contributed by atoms with van der Waals surface area (Å²) in [5.74, 6) is 6.01. The molecule has 0 aliphatic rings. The van der Waals surface area contributed by atoms with E-state index in [2.05, 4.69) is 39.9 Å². The Balaban J connectivity index is 2.04. The van der Waals surface area contributed by atoms with Crippen molar-refractivity contribution in [2.75, 3.05) is 5.43 Å². The van der Waals surface area contributed by atoms with E-state index < -0.39 is 0 Å². The summed E-state index contributed by atoms with van der Waals surface area (Å²) in [6.07, 6.45) is 0.739. The van der Waals surface area contributed by atoms with Gasteiger partial charge in [-0.3, -0.25) is 0 Å². The van der Waals surface area contributed by atoms with Crippen molar-refractivity contribution in [3.05, 3.63) is 78.0 Å².